The molecule has 2 heterocycles. The number of carbonyl (C=O) groups is 1. The van der Waals surface area contributed by atoms with Gasteiger partial charge in [0.2, 0.25) is 5.91 Å². The van der Waals surface area contributed by atoms with Crippen LogP contribution < -0.4 is 5.32 Å². The van der Waals surface area contributed by atoms with E-state index >= 15 is 0 Å². The zero-order valence-electron chi connectivity index (χ0n) is 16.6. The van der Waals surface area contributed by atoms with Crippen molar-refractivity contribution in [1.29, 1.82) is 0 Å². The summed E-state index contributed by atoms with van der Waals surface area (Å²) < 4.78 is 7.48. The molecule has 1 aliphatic rings. The normalized spacial score (nSPS) is 14.6. The molecule has 3 aromatic rings. The molecule has 0 bridgehead atoms. The van der Waals surface area contributed by atoms with Crippen molar-refractivity contribution in [2.75, 3.05) is 26.3 Å². The number of ether oxygens (including phenoxy) is 1. The highest BCUT2D eigenvalue weighted by Gasteiger charge is 2.13. The number of aromatic nitrogens is 1. The van der Waals surface area contributed by atoms with E-state index in [1.54, 1.807) is 0 Å². The predicted molar refractivity (Wildman–Crippen MR) is 114 cm³/mol. The van der Waals surface area contributed by atoms with Gasteiger partial charge in [0.15, 0.2) is 0 Å². The van der Waals surface area contributed by atoms with Gasteiger partial charge in [0.05, 0.1) is 19.6 Å². The number of amides is 1. The highest BCUT2D eigenvalue weighted by Crippen LogP contribution is 2.14. The lowest BCUT2D eigenvalue weighted by Crippen LogP contribution is -2.36. The van der Waals surface area contributed by atoms with E-state index < -0.39 is 0 Å². The van der Waals surface area contributed by atoms with Gasteiger partial charge in [-0.1, -0.05) is 36.4 Å². The fraction of sp³-hybridized carbons (Fsp3) is 0.292. The molecule has 150 valence electrons. The molecule has 0 radical (unpaired) electrons. The number of rotatable bonds is 7. The summed E-state index contributed by atoms with van der Waals surface area (Å²) in [5, 5.41) is 3.08. The average Bonchev–Trinajstić information content (AvgIpc) is 3.29. The molecule has 1 fully saturated rings. The molecular formula is C24H27N3O2. The van der Waals surface area contributed by atoms with Crippen LogP contribution in [0.3, 0.4) is 0 Å². The number of hydrogen-bond donors (Lipinski definition) is 1. The van der Waals surface area contributed by atoms with Crippen molar-refractivity contribution in [2.45, 2.75) is 19.5 Å². The summed E-state index contributed by atoms with van der Waals surface area (Å²) >= 11 is 0. The Bertz CT molecular complexity index is 914. The topological polar surface area (TPSA) is 46.5 Å². The minimum Gasteiger partial charge on any atom is -0.379 e. The van der Waals surface area contributed by atoms with E-state index in [-0.39, 0.29) is 5.91 Å². The van der Waals surface area contributed by atoms with Crippen molar-refractivity contribution in [1.82, 2.24) is 14.8 Å². The Morgan fingerprint density at radius 2 is 1.59 bits per heavy atom. The molecule has 0 atom stereocenters. The highest BCUT2D eigenvalue weighted by molar-refractivity contribution is 5.78. The van der Waals surface area contributed by atoms with E-state index in [1.165, 1.54) is 11.1 Å². The molecule has 0 spiro atoms. The Hall–Kier alpha value is -2.89. The molecule has 2 aromatic carbocycles. The highest BCUT2D eigenvalue weighted by atomic mass is 16.5. The Kier molecular flexibility index (Phi) is 6.39. The third-order valence-corrected chi connectivity index (χ3v) is 5.30. The summed E-state index contributed by atoms with van der Waals surface area (Å²) in [7, 11) is 0. The molecule has 1 aromatic heterocycles. The first-order chi connectivity index (χ1) is 14.3. The number of carbonyl (C=O) groups excluding carboxylic acids is 1. The molecule has 1 aliphatic heterocycles. The van der Waals surface area contributed by atoms with Crippen molar-refractivity contribution in [2.24, 2.45) is 0 Å². The van der Waals surface area contributed by atoms with Crippen LogP contribution in [0.1, 0.15) is 16.7 Å². The third-order valence-electron chi connectivity index (χ3n) is 5.30. The summed E-state index contributed by atoms with van der Waals surface area (Å²) in [5.74, 6) is 0.0416. The maximum Gasteiger partial charge on any atom is 0.224 e. The largest absolute Gasteiger partial charge is 0.379 e. The van der Waals surface area contributed by atoms with E-state index in [4.69, 9.17) is 4.74 Å². The Balaban J connectivity index is 1.31. The second-order valence-corrected chi connectivity index (χ2v) is 7.37. The average molecular weight is 389 g/mol. The van der Waals surface area contributed by atoms with Crippen LogP contribution in [0.25, 0.3) is 5.69 Å². The molecule has 0 unspecified atom stereocenters. The number of nitrogens with one attached hydrogen (secondary N) is 1. The standard InChI is InChI=1S/C24H27N3O2/c28-24(17-20-7-9-23(10-8-20)27-11-3-4-12-27)25-18-21-5-1-2-6-22(21)19-26-13-15-29-16-14-26/h1-12H,13-19H2,(H,25,28). The fourth-order valence-corrected chi connectivity index (χ4v) is 3.62. The lowest BCUT2D eigenvalue weighted by atomic mass is 10.1. The fourth-order valence-electron chi connectivity index (χ4n) is 3.62. The summed E-state index contributed by atoms with van der Waals surface area (Å²) in [6, 6.07) is 20.5. The molecule has 1 amide bonds. The number of nitrogens with zero attached hydrogens (tertiary/aromatic N) is 2. The van der Waals surface area contributed by atoms with E-state index in [2.05, 4.69) is 33.0 Å². The van der Waals surface area contributed by atoms with Crippen LogP contribution in [0.15, 0.2) is 73.1 Å². The van der Waals surface area contributed by atoms with Crippen LogP contribution in [-0.2, 0) is 29.0 Å². The van der Waals surface area contributed by atoms with Gasteiger partial charge in [-0.2, -0.15) is 0 Å². The Morgan fingerprint density at radius 3 is 2.31 bits per heavy atom. The lowest BCUT2D eigenvalue weighted by molar-refractivity contribution is -0.120. The first-order valence-corrected chi connectivity index (χ1v) is 10.1. The lowest BCUT2D eigenvalue weighted by Gasteiger charge is -2.27. The summed E-state index contributed by atoms with van der Waals surface area (Å²) in [6.45, 7) is 4.96. The van der Waals surface area contributed by atoms with Crippen molar-refractivity contribution < 1.29 is 9.53 Å². The van der Waals surface area contributed by atoms with Gasteiger partial charge in [0.25, 0.3) is 0 Å². The number of hydrogen-bond acceptors (Lipinski definition) is 3. The Labute approximate surface area is 171 Å². The zero-order valence-corrected chi connectivity index (χ0v) is 16.6. The van der Waals surface area contributed by atoms with Crippen LogP contribution in [0.5, 0.6) is 0 Å². The van der Waals surface area contributed by atoms with Crippen LogP contribution in [0.4, 0.5) is 0 Å². The minimum absolute atomic E-state index is 0.0416. The molecule has 1 saturated heterocycles. The maximum absolute atomic E-state index is 12.5. The van der Waals surface area contributed by atoms with Gasteiger partial charge >= 0.3 is 0 Å². The monoisotopic (exact) mass is 389 g/mol. The molecule has 0 aliphatic carbocycles. The van der Waals surface area contributed by atoms with Crippen molar-refractivity contribution in [3.63, 3.8) is 0 Å². The van der Waals surface area contributed by atoms with Crippen LogP contribution in [-0.4, -0.2) is 41.7 Å². The SMILES string of the molecule is O=C(Cc1ccc(-n2cccc2)cc1)NCc1ccccc1CN1CCOCC1. The smallest absolute Gasteiger partial charge is 0.224 e. The second kappa shape index (κ2) is 9.54. The van der Waals surface area contributed by atoms with Gasteiger partial charge in [0, 0.05) is 44.3 Å². The first-order valence-electron chi connectivity index (χ1n) is 10.1. The van der Waals surface area contributed by atoms with E-state index in [0.29, 0.717) is 13.0 Å². The van der Waals surface area contributed by atoms with Gasteiger partial charge in [-0.25, -0.2) is 0 Å². The second-order valence-electron chi connectivity index (χ2n) is 7.37. The van der Waals surface area contributed by atoms with Crippen LogP contribution in [0, 0.1) is 0 Å². The van der Waals surface area contributed by atoms with E-state index in [1.807, 2.05) is 54.9 Å². The van der Waals surface area contributed by atoms with Crippen molar-refractivity contribution in [3.8, 4) is 5.69 Å². The number of benzene rings is 2. The first kappa shape index (κ1) is 19.4. The molecule has 4 rings (SSSR count). The van der Waals surface area contributed by atoms with E-state index in [9.17, 15) is 4.79 Å². The molecule has 1 N–H and O–H groups in total. The van der Waals surface area contributed by atoms with E-state index in [0.717, 1.165) is 44.1 Å². The predicted octanol–water partition coefficient (Wildman–Crippen LogP) is 3.17. The molecule has 5 heteroatoms. The summed E-state index contributed by atoms with van der Waals surface area (Å²) in [4.78, 5) is 14.9. The minimum atomic E-state index is 0.0416. The summed E-state index contributed by atoms with van der Waals surface area (Å²) in [5.41, 5.74) is 4.55. The van der Waals surface area contributed by atoms with Crippen molar-refractivity contribution in [3.05, 3.63) is 89.7 Å². The van der Waals surface area contributed by atoms with Crippen molar-refractivity contribution >= 4 is 5.91 Å². The maximum atomic E-state index is 12.5. The van der Waals surface area contributed by atoms with Gasteiger partial charge in [-0.3, -0.25) is 9.69 Å². The molecule has 29 heavy (non-hydrogen) atoms. The van der Waals surface area contributed by atoms with Gasteiger partial charge in [-0.05, 0) is 41.0 Å². The molecule has 5 nitrogen and oxygen atoms in total. The molecule has 0 saturated carbocycles. The van der Waals surface area contributed by atoms with Crippen LogP contribution in [0.2, 0.25) is 0 Å². The Morgan fingerprint density at radius 1 is 0.897 bits per heavy atom. The number of morpholine rings is 1. The van der Waals surface area contributed by atoms with Gasteiger partial charge in [-0.15, -0.1) is 0 Å². The quantitative estimate of drug-likeness (QED) is 0.675. The molecular weight excluding hydrogens is 362 g/mol. The summed E-state index contributed by atoms with van der Waals surface area (Å²) in [6.07, 6.45) is 4.41. The van der Waals surface area contributed by atoms with Gasteiger partial charge < -0.3 is 14.6 Å². The third kappa shape index (κ3) is 5.34. The van der Waals surface area contributed by atoms with Gasteiger partial charge in [0.1, 0.15) is 0 Å². The van der Waals surface area contributed by atoms with Crippen LogP contribution >= 0.6 is 0 Å². The zero-order chi connectivity index (χ0) is 19.9.